The molecule has 0 atom stereocenters. The number of hydrogen-bond donors (Lipinski definition) is 0. The predicted octanol–water partition coefficient (Wildman–Crippen LogP) is 4.35. The predicted molar refractivity (Wildman–Crippen MR) is 58.4 cm³/mol. The van der Waals surface area contributed by atoms with Crippen molar-refractivity contribution in [3.05, 3.63) is 38.6 Å². The van der Waals surface area contributed by atoms with E-state index in [4.69, 9.17) is 12.2 Å². The van der Waals surface area contributed by atoms with Crippen molar-refractivity contribution in [2.24, 2.45) is 0 Å². The van der Waals surface area contributed by atoms with Gasteiger partial charge in [-0.05, 0) is 17.7 Å². The van der Waals surface area contributed by atoms with Gasteiger partial charge in [0.15, 0.2) is 0 Å². The molecule has 0 aliphatic carbocycles. The van der Waals surface area contributed by atoms with Crippen LogP contribution in [0.1, 0.15) is 0 Å². The molecular weight excluding hydrogens is 223 g/mol. The standard InChI is InChI=1S/C9H5FS3/c10-7-3-1-6(2-4-7)8-5-12-9(11)13-8/h1-5H. The lowest BCUT2D eigenvalue weighted by Gasteiger charge is -1.94. The summed E-state index contributed by atoms with van der Waals surface area (Å²) in [6, 6.07) is 6.46. The molecule has 0 amide bonds. The van der Waals surface area contributed by atoms with Crippen molar-refractivity contribution in [2.75, 3.05) is 0 Å². The topological polar surface area (TPSA) is 0 Å². The first-order valence-corrected chi connectivity index (χ1v) is 5.71. The third-order valence-electron chi connectivity index (χ3n) is 1.58. The zero-order valence-electron chi connectivity index (χ0n) is 6.49. The summed E-state index contributed by atoms with van der Waals surface area (Å²) in [7, 11) is 0. The second-order valence-corrected chi connectivity index (χ2v) is 5.57. The van der Waals surface area contributed by atoms with E-state index in [9.17, 15) is 4.39 Å². The highest BCUT2D eigenvalue weighted by Crippen LogP contribution is 2.28. The molecule has 0 saturated heterocycles. The van der Waals surface area contributed by atoms with Gasteiger partial charge in [0.1, 0.15) is 8.95 Å². The number of halogens is 1. The molecule has 0 aliphatic rings. The van der Waals surface area contributed by atoms with Crippen LogP contribution in [-0.2, 0) is 0 Å². The van der Waals surface area contributed by atoms with Crippen molar-refractivity contribution < 1.29 is 4.39 Å². The zero-order valence-corrected chi connectivity index (χ0v) is 8.94. The molecule has 4 heteroatoms. The van der Waals surface area contributed by atoms with Gasteiger partial charge in [0, 0.05) is 10.3 Å². The minimum Gasteiger partial charge on any atom is -0.207 e. The molecule has 2 rings (SSSR count). The molecule has 0 nitrogen and oxygen atoms in total. The summed E-state index contributed by atoms with van der Waals surface area (Å²) in [6.45, 7) is 0. The van der Waals surface area contributed by atoms with Crippen LogP contribution >= 0.6 is 34.9 Å². The van der Waals surface area contributed by atoms with Crippen LogP contribution in [0.15, 0.2) is 29.6 Å². The quantitative estimate of drug-likeness (QED) is 0.654. The van der Waals surface area contributed by atoms with Gasteiger partial charge in [-0.15, -0.1) is 22.7 Å². The van der Waals surface area contributed by atoms with Crippen molar-refractivity contribution in [3.63, 3.8) is 0 Å². The van der Waals surface area contributed by atoms with Crippen LogP contribution in [0.2, 0.25) is 0 Å². The van der Waals surface area contributed by atoms with Crippen molar-refractivity contribution in [1.29, 1.82) is 0 Å². The fourth-order valence-electron chi connectivity index (χ4n) is 0.981. The van der Waals surface area contributed by atoms with Crippen LogP contribution in [0, 0.1) is 8.95 Å². The molecule has 0 aliphatic heterocycles. The minimum atomic E-state index is -0.206. The molecule has 66 valence electrons. The Morgan fingerprint density at radius 2 is 1.85 bits per heavy atom. The maximum atomic E-state index is 12.6. The number of rotatable bonds is 1. The smallest absolute Gasteiger partial charge is 0.144 e. The van der Waals surface area contributed by atoms with E-state index in [-0.39, 0.29) is 5.82 Å². The van der Waals surface area contributed by atoms with Crippen molar-refractivity contribution in [2.45, 2.75) is 0 Å². The Labute approximate surface area is 88.3 Å². The van der Waals surface area contributed by atoms with Crippen LogP contribution in [0.3, 0.4) is 0 Å². The summed E-state index contributed by atoms with van der Waals surface area (Å²) in [5, 5.41) is 2.00. The summed E-state index contributed by atoms with van der Waals surface area (Å²) in [5.41, 5.74) is 1.03. The van der Waals surface area contributed by atoms with Crippen LogP contribution in [0.5, 0.6) is 0 Å². The van der Waals surface area contributed by atoms with E-state index in [1.165, 1.54) is 12.1 Å². The molecular formula is C9H5FS3. The largest absolute Gasteiger partial charge is 0.207 e. The van der Waals surface area contributed by atoms with Gasteiger partial charge in [0.25, 0.3) is 0 Å². The average Bonchev–Trinajstić information content (AvgIpc) is 2.53. The van der Waals surface area contributed by atoms with E-state index < -0.39 is 0 Å². The van der Waals surface area contributed by atoms with Gasteiger partial charge in [0.2, 0.25) is 0 Å². The second kappa shape index (κ2) is 3.65. The summed E-state index contributed by atoms with van der Waals surface area (Å²) in [6.07, 6.45) is 0. The fourth-order valence-corrected chi connectivity index (χ4v) is 3.11. The number of benzene rings is 1. The number of hydrogen-bond acceptors (Lipinski definition) is 3. The summed E-state index contributed by atoms with van der Waals surface area (Å²) >= 11 is 8.12. The van der Waals surface area contributed by atoms with E-state index in [0.29, 0.717) is 0 Å². The first kappa shape index (κ1) is 8.99. The normalized spacial score (nSPS) is 10.2. The molecule has 0 radical (unpaired) electrons. The van der Waals surface area contributed by atoms with E-state index in [1.807, 2.05) is 5.38 Å². The molecule has 1 aromatic carbocycles. The average molecular weight is 228 g/mol. The Morgan fingerprint density at radius 3 is 2.38 bits per heavy atom. The maximum Gasteiger partial charge on any atom is 0.144 e. The Bertz CT molecular complexity index is 452. The van der Waals surface area contributed by atoms with Gasteiger partial charge in [-0.3, -0.25) is 0 Å². The van der Waals surface area contributed by atoms with E-state index in [1.54, 1.807) is 34.8 Å². The summed E-state index contributed by atoms with van der Waals surface area (Å²) < 4.78 is 13.5. The van der Waals surface area contributed by atoms with Crippen LogP contribution in [0.25, 0.3) is 10.4 Å². The van der Waals surface area contributed by atoms with Crippen molar-refractivity contribution >= 4 is 34.9 Å². The molecule has 1 aromatic heterocycles. The molecule has 0 saturated carbocycles. The Morgan fingerprint density at radius 1 is 1.15 bits per heavy atom. The van der Waals surface area contributed by atoms with Crippen LogP contribution in [0.4, 0.5) is 4.39 Å². The Balaban J connectivity index is 2.47. The van der Waals surface area contributed by atoms with E-state index >= 15 is 0 Å². The molecule has 1 heterocycles. The highest BCUT2D eigenvalue weighted by molar-refractivity contribution is 7.76. The highest BCUT2D eigenvalue weighted by atomic mass is 32.2. The SMILES string of the molecule is Fc1ccc(-c2csc(=S)s2)cc1. The van der Waals surface area contributed by atoms with Gasteiger partial charge in [-0.2, -0.15) is 0 Å². The van der Waals surface area contributed by atoms with Gasteiger partial charge >= 0.3 is 0 Å². The summed E-state index contributed by atoms with van der Waals surface area (Å²) in [4.78, 5) is 1.11. The first-order chi connectivity index (χ1) is 6.25. The molecule has 0 spiro atoms. The lowest BCUT2D eigenvalue weighted by atomic mass is 10.2. The molecule has 0 bridgehead atoms. The third-order valence-corrected chi connectivity index (χ3v) is 4.10. The minimum absolute atomic E-state index is 0.206. The maximum absolute atomic E-state index is 12.6. The van der Waals surface area contributed by atoms with Crippen LogP contribution in [-0.4, -0.2) is 0 Å². The second-order valence-electron chi connectivity index (χ2n) is 2.46. The molecule has 0 fully saturated rings. The fraction of sp³-hybridized carbons (Fsp3) is 0. The third kappa shape index (κ3) is 2.02. The van der Waals surface area contributed by atoms with E-state index in [0.717, 1.165) is 13.6 Å². The van der Waals surface area contributed by atoms with Gasteiger partial charge in [0.05, 0.1) is 0 Å². The van der Waals surface area contributed by atoms with Gasteiger partial charge < -0.3 is 0 Å². The van der Waals surface area contributed by atoms with Crippen LogP contribution < -0.4 is 0 Å². The Kier molecular flexibility index (Phi) is 2.53. The van der Waals surface area contributed by atoms with Crippen molar-refractivity contribution in [1.82, 2.24) is 0 Å². The van der Waals surface area contributed by atoms with Gasteiger partial charge in [-0.25, -0.2) is 4.39 Å². The first-order valence-electron chi connectivity index (χ1n) is 3.60. The van der Waals surface area contributed by atoms with Crippen molar-refractivity contribution in [3.8, 4) is 10.4 Å². The highest BCUT2D eigenvalue weighted by Gasteiger charge is 1.99. The monoisotopic (exact) mass is 228 g/mol. The molecule has 2 aromatic rings. The summed E-state index contributed by atoms with van der Waals surface area (Å²) in [5.74, 6) is -0.206. The molecule has 0 unspecified atom stereocenters. The zero-order chi connectivity index (χ0) is 9.26. The Hall–Kier alpha value is -0.580. The van der Waals surface area contributed by atoms with Gasteiger partial charge in [-0.1, -0.05) is 24.4 Å². The van der Waals surface area contributed by atoms with E-state index in [2.05, 4.69) is 0 Å². The molecule has 0 N–H and O–H groups in total. The lowest BCUT2D eigenvalue weighted by molar-refractivity contribution is 0.628. The molecule has 13 heavy (non-hydrogen) atoms. The lowest BCUT2D eigenvalue weighted by Crippen LogP contribution is -1.73.